The van der Waals surface area contributed by atoms with Crippen LogP contribution in [0.25, 0.3) is 0 Å². The summed E-state index contributed by atoms with van der Waals surface area (Å²) in [7, 11) is 3.57. The van der Waals surface area contributed by atoms with Gasteiger partial charge in [0.15, 0.2) is 12.4 Å². The Labute approximate surface area is 150 Å². The highest BCUT2D eigenvalue weighted by Gasteiger charge is 2.15. The number of hydrogen-bond acceptors (Lipinski definition) is 4. The summed E-state index contributed by atoms with van der Waals surface area (Å²) in [6.07, 6.45) is 5.32. The highest BCUT2D eigenvalue weighted by molar-refractivity contribution is 6.30. The molecule has 1 amide bonds. The summed E-state index contributed by atoms with van der Waals surface area (Å²) in [5.41, 5.74) is 1.32. The van der Waals surface area contributed by atoms with Crippen molar-refractivity contribution in [2.75, 3.05) is 7.05 Å². The molecule has 1 aromatic carbocycles. The SMILES string of the molecule is CN(Cc1cnn(C)c1)C(=O)c1ccn(COc2cccc(Cl)c2)n1. The van der Waals surface area contributed by atoms with Crippen molar-refractivity contribution in [2.45, 2.75) is 13.3 Å². The monoisotopic (exact) mass is 359 g/mol. The molecule has 25 heavy (non-hydrogen) atoms. The highest BCUT2D eigenvalue weighted by atomic mass is 35.5. The summed E-state index contributed by atoms with van der Waals surface area (Å²) < 4.78 is 8.87. The fourth-order valence-corrected chi connectivity index (χ4v) is 2.52. The Morgan fingerprint density at radius 2 is 2.20 bits per heavy atom. The van der Waals surface area contributed by atoms with E-state index in [1.165, 1.54) is 0 Å². The quantitative estimate of drug-likeness (QED) is 0.678. The minimum Gasteiger partial charge on any atom is -0.471 e. The largest absolute Gasteiger partial charge is 0.471 e. The summed E-state index contributed by atoms with van der Waals surface area (Å²) in [6, 6.07) is 8.78. The number of aryl methyl sites for hydroxylation is 1. The zero-order valence-electron chi connectivity index (χ0n) is 14.0. The molecule has 0 saturated heterocycles. The van der Waals surface area contributed by atoms with Crippen molar-refractivity contribution in [1.29, 1.82) is 0 Å². The van der Waals surface area contributed by atoms with Gasteiger partial charge < -0.3 is 9.64 Å². The Hall–Kier alpha value is -2.80. The average molecular weight is 360 g/mol. The Kier molecular flexibility index (Phi) is 5.04. The first-order chi connectivity index (χ1) is 12.0. The van der Waals surface area contributed by atoms with Crippen LogP contribution in [0.4, 0.5) is 0 Å². The standard InChI is InChI=1S/C17H18ClN5O2/c1-21(10-13-9-19-22(2)11-13)17(24)16-6-7-23(20-16)12-25-15-5-3-4-14(18)8-15/h3-9,11H,10,12H2,1-2H3. The van der Waals surface area contributed by atoms with E-state index in [1.54, 1.807) is 51.9 Å². The predicted octanol–water partition coefficient (Wildman–Crippen LogP) is 2.58. The van der Waals surface area contributed by atoms with Crippen molar-refractivity contribution in [3.8, 4) is 5.75 Å². The summed E-state index contributed by atoms with van der Waals surface area (Å²) in [4.78, 5) is 14.1. The van der Waals surface area contributed by atoms with Crippen LogP contribution in [0.15, 0.2) is 48.9 Å². The molecule has 0 bridgehead atoms. The van der Waals surface area contributed by atoms with E-state index in [2.05, 4.69) is 10.2 Å². The summed E-state index contributed by atoms with van der Waals surface area (Å²) in [6.45, 7) is 0.665. The molecule has 8 heteroatoms. The third-order valence-corrected chi connectivity index (χ3v) is 3.78. The predicted molar refractivity (Wildman–Crippen MR) is 93.3 cm³/mol. The van der Waals surface area contributed by atoms with Crippen LogP contribution < -0.4 is 4.74 Å². The van der Waals surface area contributed by atoms with Crippen LogP contribution >= 0.6 is 11.6 Å². The molecule has 0 radical (unpaired) electrons. The first kappa shape index (κ1) is 17.0. The maximum absolute atomic E-state index is 12.5. The van der Waals surface area contributed by atoms with Crippen molar-refractivity contribution in [2.24, 2.45) is 7.05 Å². The lowest BCUT2D eigenvalue weighted by Gasteiger charge is -2.14. The second kappa shape index (κ2) is 7.40. The smallest absolute Gasteiger partial charge is 0.274 e. The highest BCUT2D eigenvalue weighted by Crippen LogP contribution is 2.17. The maximum Gasteiger partial charge on any atom is 0.274 e. The lowest BCUT2D eigenvalue weighted by Crippen LogP contribution is -2.26. The van der Waals surface area contributed by atoms with Gasteiger partial charge in [0.25, 0.3) is 5.91 Å². The number of carbonyl (C=O) groups is 1. The van der Waals surface area contributed by atoms with Gasteiger partial charge in [-0.2, -0.15) is 10.2 Å². The van der Waals surface area contributed by atoms with Crippen LogP contribution in [0.2, 0.25) is 5.02 Å². The minimum absolute atomic E-state index is 0.162. The maximum atomic E-state index is 12.5. The number of hydrogen-bond donors (Lipinski definition) is 0. The minimum atomic E-state index is -0.162. The number of rotatable bonds is 6. The van der Waals surface area contributed by atoms with E-state index in [1.807, 2.05) is 25.4 Å². The number of halogens is 1. The van der Waals surface area contributed by atoms with Gasteiger partial charge in [0.05, 0.1) is 6.20 Å². The number of carbonyl (C=O) groups excluding carboxylic acids is 1. The topological polar surface area (TPSA) is 65.2 Å². The van der Waals surface area contributed by atoms with Crippen LogP contribution in [0, 0.1) is 0 Å². The molecule has 0 aliphatic carbocycles. The van der Waals surface area contributed by atoms with Crippen LogP contribution in [-0.4, -0.2) is 37.4 Å². The van der Waals surface area contributed by atoms with E-state index in [-0.39, 0.29) is 12.6 Å². The normalized spacial score (nSPS) is 10.7. The van der Waals surface area contributed by atoms with Gasteiger partial charge in [0.1, 0.15) is 5.75 Å². The molecule has 0 atom stereocenters. The molecule has 3 rings (SSSR count). The molecule has 2 heterocycles. The van der Waals surface area contributed by atoms with Crippen molar-refractivity contribution in [1.82, 2.24) is 24.5 Å². The van der Waals surface area contributed by atoms with Gasteiger partial charge in [-0.3, -0.25) is 9.48 Å². The van der Waals surface area contributed by atoms with E-state index >= 15 is 0 Å². The second-order valence-electron chi connectivity index (χ2n) is 5.65. The van der Waals surface area contributed by atoms with E-state index in [0.29, 0.717) is 23.0 Å². The van der Waals surface area contributed by atoms with E-state index < -0.39 is 0 Å². The van der Waals surface area contributed by atoms with Crippen LogP contribution in [0.5, 0.6) is 5.75 Å². The molecule has 3 aromatic rings. The van der Waals surface area contributed by atoms with Crippen LogP contribution in [0.1, 0.15) is 16.1 Å². The number of nitrogens with zero attached hydrogens (tertiary/aromatic N) is 5. The van der Waals surface area contributed by atoms with Gasteiger partial charge >= 0.3 is 0 Å². The summed E-state index contributed by atoms with van der Waals surface area (Å²) in [5.74, 6) is 0.481. The summed E-state index contributed by atoms with van der Waals surface area (Å²) in [5, 5.41) is 8.96. The zero-order valence-corrected chi connectivity index (χ0v) is 14.7. The third kappa shape index (κ3) is 4.39. The third-order valence-electron chi connectivity index (χ3n) is 3.54. The number of amides is 1. The molecule has 0 aliphatic heterocycles. The molecule has 0 N–H and O–H groups in total. The zero-order chi connectivity index (χ0) is 17.8. The van der Waals surface area contributed by atoms with Gasteiger partial charge in [0.2, 0.25) is 0 Å². The molecule has 2 aromatic heterocycles. The van der Waals surface area contributed by atoms with Gasteiger partial charge in [-0.05, 0) is 24.3 Å². The Morgan fingerprint density at radius 1 is 1.36 bits per heavy atom. The Morgan fingerprint density at radius 3 is 2.92 bits per heavy atom. The lowest BCUT2D eigenvalue weighted by molar-refractivity contribution is 0.0777. The first-order valence-electron chi connectivity index (χ1n) is 7.66. The fraction of sp³-hybridized carbons (Fsp3) is 0.235. The van der Waals surface area contributed by atoms with Gasteiger partial charge in [-0.1, -0.05) is 17.7 Å². The molecule has 7 nitrogen and oxygen atoms in total. The molecule has 0 fully saturated rings. The van der Waals surface area contributed by atoms with Crippen LogP contribution in [0.3, 0.4) is 0 Å². The second-order valence-corrected chi connectivity index (χ2v) is 6.09. The number of aromatic nitrogens is 4. The fourth-order valence-electron chi connectivity index (χ4n) is 2.34. The Bertz CT molecular complexity index is 873. The van der Waals surface area contributed by atoms with Crippen LogP contribution in [-0.2, 0) is 20.3 Å². The van der Waals surface area contributed by atoms with Crippen molar-refractivity contribution >= 4 is 17.5 Å². The van der Waals surface area contributed by atoms with Gasteiger partial charge in [-0.15, -0.1) is 0 Å². The van der Waals surface area contributed by atoms with Gasteiger partial charge in [0, 0.05) is 43.6 Å². The van der Waals surface area contributed by atoms with Crippen molar-refractivity contribution in [3.63, 3.8) is 0 Å². The van der Waals surface area contributed by atoms with Crippen molar-refractivity contribution in [3.05, 3.63) is 65.2 Å². The van der Waals surface area contributed by atoms with E-state index in [9.17, 15) is 4.79 Å². The van der Waals surface area contributed by atoms with E-state index in [0.717, 1.165) is 5.56 Å². The number of ether oxygens (including phenoxy) is 1. The molecule has 0 unspecified atom stereocenters. The Balaban J connectivity index is 1.59. The lowest BCUT2D eigenvalue weighted by atomic mass is 10.3. The molecule has 0 spiro atoms. The van der Waals surface area contributed by atoms with Crippen molar-refractivity contribution < 1.29 is 9.53 Å². The average Bonchev–Trinajstić information content (AvgIpc) is 3.21. The molecule has 130 valence electrons. The first-order valence-corrected chi connectivity index (χ1v) is 8.04. The molecule has 0 aliphatic rings. The van der Waals surface area contributed by atoms with Gasteiger partial charge in [-0.25, -0.2) is 4.68 Å². The molecular weight excluding hydrogens is 342 g/mol. The molecular formula is C17H18ClN5O2. The number of benzene rings is 1. The van der Waals surface area contributed by atoms with E-state index in [4.69, 9.17) is 16.3 Å². The summed E-state index contributed by atoms with van der Waals surface area (Å²) >= 11 is 5.92. The molecule has 0 saturated carbocycles.